The van der Waals surface area contributed by atoms with Gasteiger partial charge in [0.1, 0.15) is 6.04 Å². The second-order valence-corrected chi connectivity index (χ2v) is 6.96. The summed E-state index contributed by atoms with van der Waals surface area (Å²) in [5.74, 6) is -1.14. The van der Waals surface area contributed by atoms with Crippen molar-refractivity contribution in [2.45, 2.75) is 38.3 Å². The lowest BCUT2D eigenvalue weighted by Crippen LogP contribution is -2.33. The molecule has 0 spiro atoms. The number of nitrogens with two attached hydrogens (primary N) is 1. The summed E-state index contributed by atoms with van der Waals surface area (Å²) in [6.07, 6.45) is 0.265. The van der Waals surface area contributed by atoms with Crippen LogP contribution in [-0.4, -0.2) is 43.5 Å². The Hall–Kier alpha value is -0.660. The highest BCUT2D eigenvalue weighted by molar-refractivity contribution is 7.92. The predicted molar refractivity (Wildman–Crippen MR) is 61.7 cm³/mol. The lowest BCUT2D eigenvalue weighted by molar-refractivity contribution is -0.138. The van der Waals surface area contributed by atoms with Gasteiger partial charge < -0.3 is 15.9 Å². The average Bonchev–Trinajstić information content (AvgIpc) is 2.10. The van der Waals surface area contributed by atoms with E-state index >= 15 is 0 Å². The molecule has 7 heteroatoms. The molecule has 0 radical (unpaired) electrons. The molecule has 0 fully saturated rings. The first kappa shape index (κ1) is 15.3. The smallest absolute Gasteiger partial charge is 0.320 e. The Morgan fingerprint density at radius 3 is 2.38 bits per heavy atom. The number of aliphatic hydroxyl groups is 1. The first-order valence-corrected chi connectivity index (χ1v) is 6.88. The van der Waals surface area contributed by atoms with E-state index in [2.05, 4.69) is 0 Å². The van der Waals surface area contributed by atoms with Crippen LogP contribution in [0.4, 0.5) is 0 Å². The zero-order valence-corrected chi connectivity index (χ0v) is 10.4. The summed E-state index contributed by atoms with van der Waals surface area (Å²) < 4.78 is 19.2. The van der Waals surface area contributed by atoms with Crippen LogP contribution >= 0.6 is 0 Å². The zero-order valence-electron chi connectivity index (χ0n) is 9.60. The Kier molecular flexibility index (Phi) is 5.37. The van der Waals surface area contributed by atoms with Crippen molar-refractivity contribution >= 4 is 15.7 Å². The Morgan fingerprint density at radius 2 is 2.00 bits per heavy atom. The SMILES string of the molecule is CC(C)(O)CCS(=N)(=O)CC[C@H](N)C(=O)O. The number of nitrogens with one attached hydrogen (secondary N) is 1. The van der Waals surface area contributed by atoms with Crippen molar-refractivity contribution in [3.63, 3.8) is 0 Å². The first-order valence-electron chi connectivity index (χ1n) is 4.98. The van der Waals surface area contributed by atoms with Crippen LogP contribution in [0.2, 0.25) is 0 Å². The van der Waals surface area contributed by atoms with Crippen LogP contribution in [0.3, 0.4) is 0 Å². The van der Waals surface area contributed by atoms with Gasteiger partial charge in [-0.1, -0.05) is 0 Å². The maximum atomic E-state index is 11.7. The summed E-state index contributed by atoms with van der Waals surface area (Å²) in [5, 5.41) is 17.9. The maximum absolute atomic E-state index is 11.7. The standard InChI is InChI=1S/C9H20N2O4S/c1-9(2,14)4-6-16(11,15)5-3-7(10)8(12)13/h7,11,14H,3-6,10H2,1-2H3,(H,12,13)/t7-,16?/m0/s1. The van der Waals surface area contributed by atoms with Gasteiger partial charge >= 0.3 is 5.97 Å². The van der Waals surface area contributed by atoms with E-state index in [1.807, 2.05) is 0 Å². The molecule has 0 aliphatic rings. The highest BCUT2D eigenvalue weighted by Gasteiger charge is 2.19. The van der Waals surface area contributed by atoms with Gasteiger partial charge in [-0.25, -0.2) is 4.21 Å². The van der Waals surface area contributed by atoms with Crippen molar-refractivity contribution in [1.29, 1.82) is 4.78 Å². The summed E-state index contributed by atoms with van der Waals surface area (Å²) in [4.78, 5) is 10.4. The van der Waals surface area contributed by atoms with Crippen molar-refractivity contribution in [2.24, 2.45) is 5.73 Å². The quantitative estimate of drug-likeness (QED) is 0.507. The summed E-state index contributed by atoms with van der Waals surface area (Å²) in [6.45, 7) is 3.15. The number of aliphatic carboxylic acids is 1. The third kappa shape index (κ3) is 7.61. The second-order valence-electron chi connectivity index (χ2n) is 4.52. The third-order valence-corrected chi connectivity index (χ3v) is 3.88. The van der Waals surface area contributed by atoms with Gasteiger partial charge in [-0.05, 0) is 26.7 Å². The molecule has 16 heavy (non-hydrogen) atoms. The highest BCUT2D eigenvalue weighted by atomic mass is 32.2. The van der Waals surface area contributed by atoms with Gasteiger partial charge in [-0.3, -0.25) is 9.57 Å². The molecule has 2 atom stereocenters. The topological polar surface area (TPSA) is 124 Å². The zero-order chi connectivity index (χ0) is 13.0. The van der Waals surface area contributed by atoms with E-state index in [9.17, 15) is 14.1 Å². The van der Waals surface area contributed by atoms with Crippen LogP contribution in [0.15, 0.2) is 0 Å². The van der Waals surface area contributed by atoms with Gasteiger partial charge in [-0.15, -0.1) is 0 Å². The molecule has 0 aromatic heterocycles. The van der Waals surface area contributed by atoms with Crippen LogP contribution in [-0.2, 0) is 14.5 Å². The molecule has 0 aliphatic heterocycles. The number of rotatable bonds is 7. The van der Waals surface area contributed by atoms with Crippen LogP contribution in [0, 0.1) is 4.78 Å². The van der Waals surface area contributed by atoms with E-state index in [1.165, 1.54) is 0 Å². The Bertz CT molecular complexity index is 332. The molecule has 0 heterocycles. The normalized spacial score (nSPS) is 17.8. The molecule has 0 saturated heterocycles. The third-order valence-electron chi connectivity index (χ3n) is 2.12. The number of carboxylic acids is 1. The van der Waals surface area contributed by atoms with Gasteiger partial charge in [0.15, 0.2) is 0 Å². The molecule has 0 bridgehead atoms. The monoisotopic (exact) mass is 252 g/mol. The van der Waals surface area contributed by atoms with E-state index < -0.39 is 27.3 Å². The fourth-order valence-electron chi connectivity index (χ4n) is 0.958. The number of carboxylic acid groups (broad SMARTS) is 1. The molecule has 1 unspecified atom stereocenters. The minimum Gasteiger partial charge on any atom is -0.480 e. The minimum atomic E-state index is -2.85. The van der Waals surface area contributed by atoms with Crippen LogP contribution < -0.4 is 5.73 Å². The molecule has 0 aromatic rings. The molecule has 0 rings (SSSR count). The molecule has 96 valence electrons. The maximum Gasteiger partial charge on any atom is 0.320 e. The highest BCUT2D eigenvalue weighted by Crippen LogP contribution is 2.10. The lowest BCUT2D eigenvalue weighted by Gasteiger charge is -2.18. The fraction of sp³-hybridized carbons (Fsp3) is 0.889. The van der Waals surface area contributed by atoms with E-state index in [0.29, 0.717) is 0 Å². The molecule has 6 nitrogen and oxygen atoms in total. The van der Waals surface area contributed by atoms with E-state index in [0.717, 1.165) is 0 Å². The van der Waals surface area contributed by atoms with Crippen LogP contribution in [0.5, 0.6) is 0 Å². The van der Waals surface area contributed by atoms with E-state index in [1.54, 1.807) is 13.8 Å². The lowest BCUT2D eigenvalue weighted by atomic mass is 10.1. The van der Waals surface area contributed by atoms with Crippen LogP contribution in [0.25, 0.3) is 0 Å². The van der Waals surface area contributed by atoms with E-state index in [4.69, 9.17) is 15.6 Å². The number of hydrogen-bond donors (Lipinski definition) is 4. The summed E-state index contributed by atoms with van der Waals surface area (Å²) in [6, 6.07) is -1.08. The van der Waals surface area contributed by atoms with Crippen molar-refractivity contribution in [3.8, 4) is 0 Å². The largest absolute Gasteiger partial charge is 0.480 e. The number of hydrogen-bond acceptors (Lipinski definition) is 5. The molecule has 5 N–H and O–H groups in total. The number of carbonyl (C=O) groups is 1. The molecule has 0 saturated carbocycles. The Balaban J connectivity index is 4.12. The molecule has 0 aliphatic carbocycles. The second kappa shape index (κ2) is 5.60. The first-order chi connectivity index (χ1) is 7.03. The van der Waals surface area contributed by atoms with Gasteiger partial charge in [0, 0.05) is 21.2 Å². The van der Waals surface area contributed by atoms with Crippen molar-refractivity contribution in [2.75, 3.05) is 11.5 Å². The Labute approximate surface area is 95.8 Å². The Morgan fingerprint density at radius 1 is 1.50 bits per heavy atom. The fourth-order valence-corrected chi connectivity index (χ4v) is 2.63. The van der Waals surface area contributed by atoms with Crippen molar-refractivity contribution in [1.82, 2.24) is 0 Å². The van der Waals surface area contributed by atoms with Crippen molar-refractivity contribution in [3.05, 3.63) is 0 Å². The predicted octanol–water partition coefficient (Wildman–Crippen LogP) is -0.00383. The molecule has 0 aromatic carbocycles. The minimum absolute atomic E-state index is 0.0174. The summed E-state index contributed by atoms with van der Waals surface area (Å²) in [5.41, 5.74) is 4.29. The average molecular weight is 252 g/mol. The van der Waals surface area contributed by atoms with Gasteiger partial charge in [0.25, 0.3) is 0 Å². The molecule has 0 amide bonds. The van der Waals surface area contributed by atoms with Gasteiger partial charge in [0.05, 0.1) is 5.60 Å². The summed E-state index contributed by atoms with van der Waals surface area (Å²) in [7, 11) is -2.85. The molecular weight excluding hydrogens is 232 g/mol. The van der Waals surface area contributed by atoms with Crippen molar-refractivity contribution < 1.29 is 19.2 Å². The van der Waals surface area contributed by atoms with Crippen LogP contribution in [0.1, 0.15) is 26.7 Å². The summed E-state index contributed by atoms with van der Waals surface area (Å²) >= 11 is 0. The molecular formula is C9H20N2O4S. The van der Waals surface area contributed by atoms with Gasteiger partial charge in [0.2, 0.25) is 0 Å². The van der Waals surface area contributed by atoms with Gasteiger partial charge in [-0.2, -0.15) is 0 Å². The van der Waals surface area contributed by atoms with E-state index in [-0.39, 0.29) is 24.3 Å².